The fourth-order valence-electron chi connectivity index (χ4n) is 9.22. The van der Waals surface area contributed by atoms with Crippen molar-refractivity contribution >= 4 is 78.0 Å². The SMILES string of the molecule is CN1Cc2c(Cl)cc(Cl)cc2C(c2ccc(S(=O)(=O)CCCOCCOCCOCC(=O)c3ccc(C(=O)NCCOCCOCCOCCNS(=O)(=O)c4ccc(C5CN(C)Cc6c(Cl)cc(Cl)cc65)cc4)cc3)cc2)C1. The van der Waals surface area contributed by atoms with E-state index in [1.807, 2.05) is 50.5 Å². The molecule has 78 heavy (non-hydrogen) atoms. The minimum absolute atomic E-state index is 0.000296. The maximum Gasteiger partial charge on any atom is 0.251 e. The molecule has 22 heteroatoms. The van der Waals surface area contributed by atoms with Gasteiger partial charge in [0.15, 0.2) is 15.6 Å². The van der Waals surface area contributed by atoms with Gasteiger partial charge in [-0.25, -0.2) is 21.6 Å². The van der Waals surface area contributed by atoms with E-state index in [2.05, 4.69) is 19.8 Å². The van der Waals surface area contributed by atoms with Gasteiger partial charge in [-0.3, -0.25) is 9.59 Å². The van der Waals surface area contributed by atoms with Gasteiger partial charge < -0.3 is 43.5 Å². The molecule has 2 unspecified atom stereocenters. The number of halogens is 4. The number of likely N-dealkylation sites (N-methyl/N-ethyl adjacent to an activating group) is 2. The average molecular weight is 1190 g/mol. The summed E-state index contributed by atoms with van der Waals surface area (Å²) in [6.07, 6.45) is 0.329. The lowest BCUT2D eigenvalue weighted by Crippen LogP contribution is -2.31. The first-order valence-electron chi connectivity index (χ1n) is 25.6. The lowest BCUT2D eigenvalue weighted by Gasteiger charge is -2.33. The third kappa shape index (κ3) is 18.0. The molecule has 2 aliphatic heterocycles. The molecule has 0 aliphatic carbocycles. The van der Waals surface area contributed by atoms with E-state index < -0.39 is 19.9 Å². The summed E-state index contributed by atoms with van der Waals surface area (Å²) in [7, 11) is -3.20. The van der Waals surface area contributed by atoms with Crippen molar-refractivity contribution in [2.75, 3.05) is 125 Å². The summed E-state index contributed by atoms with van der Waals surface area (Å²) in [4.78, 5) is 30.0. The molecular weight excluding hydrogens is 1130 g/mol. The number of hydrogen-bond acceptors (Lipinski definition) is 14. The molecule has 0 aromatic heterocycles. The Morgan fingerprint density at radius 1 is 0.538 bits per heavy atom. The summed E-state index contributed by atoms with van der Waals surface area (Å²) in [5.74, 6) is -0.590. The number of sulfonamides is 1. The summed E-state index contributed by atoms with van der Waals surface area (Å²) in [5, 5.41) is 5.17. The second-order valence-corrected chi connectivity index (χ2v) is 24.6. The molecule has 0 saturated carbocycles. The normalized spacial score (nSPS) is 16.0. The van der Waals surface area contributed by atoms with Gasteiger partial charge >= 0.3 is 0 Å². The number of carbonyl (C=O) groups is 2. The number of rotatable bonds is 31. The van der Waals surface area contributed by atoms with Crippen LogP contribution in [0.5, 0.6) is 0 Å². The van der Waals surface area contributed by atoms with E-state index in [9.17, 15) is 26.4 Å². The molecule has 2 heterocycles. The molecule has 2 aliphatic rings. The molecular formula is C56H66Cl4N4O12S2. The Morgan fingerprint density at radius 3 is 1.49 bits per heavy atom. The Labute approximate surface area is 477 Å². The van der Waals surface area contributed by atoms with Crippen LogP contribution in [0.3, 0.4) is 0 Å². The van der Waals surface area contributed by atoms with Gasteiger partial charge in [0.2, 0.25) is 10.0 Å². The third-order valence-corrected chi connectivity index (χ3v) is 17.6. The van der Waals surface area contributed by atoms with Crippen LogP contribution in [-0.2, 0) is 61.4 Å². The molecule has 5 aromatic carbocycles. The van der Waals surface area contributed by atoms with E-state index in [1.54, 1.807) is 60.7 Å². The minimum atomic E-state index is -3.74. The molecule has 0 bridgehead atoms. The third-order valence-electron chi connectivity index (χ3n) is 13.2. The van der Waals surface area contributed by atoms with Crippen molar-refractivity contribution in [1.82, 2.24) is 19.8 Å². The lowest BCUT2D eigenvalue weighted by atomic mass is 9.85. The van der Waals surface area contributed by atoms with Crippen molar-refractivity contribution in [2.24, 2.45) is 0 Å². The number of sulfone groups is 1. The zero-order valence-electron chi connectivity index (χ0n) is 43.7. The van der Waals surface area contributed by atoms with Crippen LogP contribution in [0, 0.1) is 0 Å². The van der Waals surface area contributed by atoms with E-state index >= 15 is 0 Å². The monoisotopic (exact) mass is 1190 g/mol. The number of ketones is 1. The predicted molar refractivity (Wildman–Crippen MR) is 302 cm³/mol. The first-order chi connectivity index (χ1) is 37.5. The number of benzene rings is 5. The average Bonchev–Trinajstić information content (AvgIpc) is 3.49. The van der Waals surface area contributed by atoms with E-state index in [0.717, 1.165) is 53.0 Å². The van der Waals surface area contributed by atoms with Crippen molar-refractivity contribution in [1.29, 1.82) is 0 Å². The van der Waals surface area contributed by atoms with Crippen molar-refractivity contribution in [3.8, 4) is 0 Å². The smallest absolute Gasteiger partial charge is 0.251 e. The van der Waals surface area contributed by atoms with Gasteiger partial charge in [-0.05, 0) is 115 Å². The Bertz CT molecular complexity index is 3010. The van der Waals surface area contributed by atoms with Crippen LogP contribution in [0.1, 0.15) is 72.4 Å². The molecule has 7 rings (SSSR count). The van der Waals surface area contributed by atoms with Gasteiger partial charge in [-0.1, -0.05) is 82.8 Å². The number of Topliss-reactive ketones (excluding diaryl/α,β-unsaturated/α-hetero) is 1. The van der Waals surface area contributed by atoms with E-state index in [-0.39, 0.29) is 112 Å². The predicted octanol–water partition coefficient (Wildman–Crippen LogP) is 8.31. The van der Waals surface area contributed by atoms with Crippen molar-refractivity contribution < 1.29 is 54.8 Å². The highest BCUT2D eigenvalue weighted by Crippen LogP contribution is 2.40. The number of nitrogens with zero attached hydrogens (tertiary/aromatic N) is 2. The van der Waals surface area contributed by atoms with E-state index in [1.165, 1.54) is 0 Å². The quantitative estimate of drug-likeness (QED) is 0.0319. The number of nitrogens with one attached hydrogen (secondary N) is 2. The van der Waals surface area contributed by atoms with Gasteiger partial charge in [0.25, 0.3) is 5.91 Å². The van der Waals surface area contributed by atoms with Gasteiger partial charge in [-0.2, -0.15) is 0 Å². The fraction of sp³-hybridized carbons (Fsp3) is 0.429. The molecule has 2 atom stereocenters. The lowest BCUT2D eigenvalue weighted by molar-refractivity contribution is 0.0158. The van der Waals surface area contributed by atoms with Crippen LogP contribution in [-0.4, -0.2) is 164 Å². The van der Waals surface area contributed by atoms with Gasteiger partial charge in [0, 0.05) is 88.9 Å². The van der Waals surface area contributed by atoms with Crippen LogP contribution in [0.25, 0.3) is 0 Å². The largest absolute Gasteiger partial charge is 0.379 e. The topological polar surface area (TPSA) is 188 Å². The molecule has 1 amide bonds. The standard InChI is InChI=1S/C56H66Cl4N4O12S2/c1-63-34-49(47-30-43(57)32-53(59)51(47)36-63)39-8-12-45(13-9-39)77(67,68)29-3-18-71-21-24-75-27-28-76-38-55(65)41-4-6-42(7-5-41)56(66)61-16-19-72-22-25-74-26-23-73-20-17-62-78(69,70)46-14-10-40(11-15-46)50-35-64(2)37-52-48(50)31-44(58)33-54(52)60/h4-15,30-33,49-50,62H,3,16-29,34-38H2,1-2H3,(H,61,66). The first-order valence-corrected chi connectivity index (χ1v) is 30.3. The summed E-state index contributed by atoms with van der Waals surface area (Å²) in [6.45, 7) is 6.01. The molecule has 0 radical (unpaired) electrons. The van der Waals surface area contributed by atoms with Crippen molar-refractivity contribution in [3.05, 3.63) is 162 Å². The van der Waals surface area contributed by atoms with Crippen molar-refractivity contribution in [2.45, 2.75) is 41.1 Å². The molecule has 5 aromatic rings. The summed E-state index contributed by atoms with van der Waals surface area (Å²) in [5.41, 5.74) is 6.93. The highest BCUT2D eigenvalue weighted by molar-refractivity contribution is 7.91. The van der Waals surface area contributed by atoms with Crippen LogP contribution in [0.4, 0.5) is 0 Å². The molecule has 0 spiro atoms. The molecule has 0 fully saturated rings. The highest BCUT2D eigenvalue weighted by Gasteiger charge is 2.29. The Kier molecular flexibility index (Phi) is 23.8. The highest BCUT2D eigenvalue weighted by atomic mass is 35.5. The van der Waals surface area contributed by atoms with E-state index in [0.29, 0.717) is 64.0 Å². The van der Waals surface area contributed by atoms with Gasteiger partial charge in [0.1, 0.15) is 6.61 Å². The minimum Gasteiger partial charge on any atom is -0.379 e. The summed E-state index contributed by atoms with van der Waals surface area (Å²) >= 11 is 25.7. The second kappa shape index (κ2) is 30.1. The zero-order valence-corrected chi connectivity index (χ0v) is 48.3. The van der Waals surface area contributed by atoms with Crippen LogP contribution in [0.15, 0.2) is 107 Å². The fourth-order valence-corrected chi connectivity index (χ4v) is 12.7. The Morgan fingerprint density at radius 2 is 0.974 bits per heavy atom. The number of amides is 1. The summed E-state index contributed by atoms with van der Waals surface area (Å²) < 4.78 is 87.7. The second-order valence-electron chi connectivity index (χ2n) is 19.0. The molecule has 16 nitrogen and oxygen atoms in total. The summed E-state index contributed by atoms with van der Waals surface area (Å²) in [6, 6.07) is 27.5. The first kappa shape index (κ1) is 61.6. The zero-order chi connectivity index (χ0) is 55.7. The molecule has 2 N–H and O–H groups in total. The van der Waals surface area contributed by atoms with Crippen LogP contribution < -0.4 is 10.0 Å². The van der Waals surface area contributed by atoms with E-state index in [4.69, 9.17) is 74.8 Å². The Hall–Kier alpha value is -4.06. The van der Waals surface area contributed by atoms with Crippen LogP contribution in [0.2, 0.25) is 20.1 Å². The number of carbonyl (C=O) groups excluding carboxylic acids is 2. The van der Waals surface area contributed by atoms with Crippen LogP contribution >= 0.6 is 46.4 Å². The van der Waals surface area contributed by atoms with Gasteiger partial charge in [-0.15, -0.1) is 0 Å². The van der Waals surface area contributed by atoms with Gasteiger partial charge in [0.05, 0.1) is 81.6 Å². The molecule has 0 saturated heterocycles. The Balaban J connectivity index is 0.654. The number of fused-ring (bicyclic) bond motifs is 2. The van der Waals surface area contributed by atoms with Crippen molar-refractivity contribution in [3.63, 3.8) is 0 Å². The maximum absolute atomic E-state index is 13.1. The molecule has 422 valence electrons. The maximum atomic E-state index is 13.1. The number of ether oxygens (including phenoxy) is 6. The number of hydrogen-bond donors (Lipinski definition) is 2.